The number of morpholine rings is 1. The SMILES string of the molecule is CC.CCc1nc(N2CCOCC2)oc1/C1=N/CN(C)/N=C(/C(CC)CC)CN=C1C. The molecule has 0 aliphatic carbocycles. The Morgan fingerprint density at radius 2 is 1.71 bits per heavy atom. The molecular weight excluding hydrogens is 392 g/mol. The molecule has 8 heteroatoms. The van der Waals surface area contributed by atoms with E-state index in [0.29, 0.717) is 38.4 Å². The summed E-state index contributed by atoms with van der Waals surface area (Å²) in [4.78, 5) is 16.5. The highest BCUT2D eigenvalue weighted by atomic mass is 16.5. The lowest BCUT2D eigenvalue weighted by Crippen LogP contribution is -2.36. The number of nitrogens with zero attached hydrogens (tertiary/aromatic N) is 6. The highest BCUT2D eigenvalue weighted by molar-refractivity contribution is 6.47. The number of rotatable bonds is 6. The first-order valence-electron chi connectivity index (χ1n) is 11.7. The van der Waals surface area contributed by atoms with Gasteiger partial charge >= 0.3 is 0 Å². The Hall–Kier alpha value is -2.22. The summed E-state index contributed by atoms with van der Waals surface area (Å²) in [5, 5.41) is 6.68. The van der Waals surface area contributed by atoms with Gasteiger partial charge in [0, 0.05) is 26.1 Å². The van der Waals surface area contributed by atoms with Crippen molar-refractivity contribution < 1.29 is 9.15 Å². The average molecular weight is 433 g/mol. The molecule has 0 radical (unpaired) electrons. The molecule has 0 aromatic carbocycles. The molecular formula is C23H40N6O2. The number of aliphatic imine (C=N–C) groups is 2. The first-order valence-corrected chi connectivity index (χ1v) is 11.7. The van der Waals surface area contributed by atoms with Crippen LogP contribution >= 0.6 is 0 Å². The average Bonchev–Trinajstić information content (AvgIpc) is 3.25. The zero-order valence-corrected chi connectivity index (χ0v) is 20.4. The van der Waals surface area contributed by atoms with Crippen molar-refractivity contribution in [3.05, 3.63) is 11.5 Å². The highest BCUT2D eigenvalue weighted by Gasteiger charge is 2.24. The summed E-state index contributed by atoms with van der Waals surface area (Å²) in [5.41, 5.74) is 3.69. The molecule has 1 fully saturated rings. The molecule has 3 rings (SSSR count). The Kier molecular flexibility index (Phi) is 10.2. The van der Waals surface area contributed by atoms with Crippen molar-refractivity contribution in [1.82, 2.24) is 9.99 Å². The van der Waals surface area contributed by atoms with E-state index in [1.165, 1.54) is 0 Å². The van der Waals surface area contributed by atoms with E-state index in [1.54, 1.807) is 0 Å². The van der Waals surface area contributed by atoms with Gasteiger partial charge in [0.15, 0.2) is 5.76 Å². The van der Waals surface area contributed by atoms with Crippen molar-refractivity contribution in [2.24, 2.45) is 21.0 Å². The van der Waals surface area contributed by atoms with Crippen molar-refractivity contribution in [3.8, 4) is 0 Å². The summed E-state index contributed by atoms with van der Waals surface area (Å²) in [7, 11) is 1.96. The van der Waals surface area contributed by atoms with E-state index in [2.05, 4.69) is 25.7 Å². The van der Waals surface area contributed by atoms with Crippen LogP contribution in [0.25, 0.3) is 0 Å². The molecule has 1 aromatic heterocycles. The topological polar surface area (TPSA) is 78.8 Å². The standard InChI is InChI=1S/C21H34N6O2.C2H6/c1-6-16(7-2)18-13-22-15(4)19(23-14-26(5)25-18)20-17(8-3)24-21(29-20)27-9-11-28-12-10-27;1-2/h16H,6-14H2,1-5H3;1-2H3/b22-15?,23-19+,25-18+;. The van der Waals surface area contributed by atoms with Gasteiger partial charge in [0.1, 0.15) is 12.4 Å². The monoisotopic (exact) mass is 432 g/mol. The molecule has 0 saturated carbocycles. The predicted octanol–water partition coefficient (Wildman–Crippen LogP) is 4.04. The van der Waals surface area contributed by atoms with Gasteiger partial charge < -0.3 is 14.1 Å². The molecule has 0 unspecified atom stereocenters. The smallest absolute Gasteiger partial charge is 0.298 e. The quantitative estimate of drug-likeness (QED) is 0.678. The van der Waals surface area contributed by atoms with E-state index >= 15 is 0 Å². The number of hydrazone groups is 1. The third-order valence-corrected chi connectivity index (χ3v) is 5.53. The molecule has 3 heterocycles. The Bertz CT molecular complexity index is 773. The molecule has 8 nitrogen and oxygen atoms in total. The molecule has 0 spiro atoms. The van der Waals surface area contributed by atoms with Crippen LogP contribution in [-0.2, 0) is 11.2 Å². The van der Waals surface area contributed by atoms with Gasteiger partial charge in [0.2, 0.25) is 0 Å². The summed E-state index contributed by atoms with van der Waals surface area (Å²) < 4.78 is 11.7. The van der Waals surface area contributed by atoms with Crippen LogP contribution in [0.4, 0.5) is 6.01 Å². The van der Waals surface area contributed by atoms with Crippen LogP contribution in [0.2, 0.25) is 0 Å². The first kappa shape index (κ1) is 25.0. The Morgan fingerprint density at radius 3 is 2.32 bits per heavy atom. The summed E-state index contributed by atoms with van der Waals surface area (Å²) in [6.07, 6.45) is 2.91. The van der Waals surface area contributed by atoms with Gasteiger partial charge in [0.25, 0.3) is 6.01 Å². The molecule has 0 amide bonds. The zero-order valence-electron chi connectivity index (χ0n) is 20.4. The minimum absolute atomic E-state index is 0.444. The number of ether oxygens (including phenoxy) is 1. The Balaban J connectivity index is 0.00000166. The fourth-order valence-electron chi connectivity index (χ4n) is 3.70. The molecule has 1 saturated heterocycles. The molecule has 0 N–H and O–H groups in total. The summed E-state index contributed by atoms with van der Waals surface area (Å²) in [6, 6.07) is 0.651. The second kappa shape index (κ2) is 12.6. The molecule has 2 aliphatic heterocycles. The number of aromatic nitrogens is 1. The van der Waals surface area contributed by atoms with E-state index in [9.17, 15) is 0 Å². The zero-order chi connectivity index (χ0) is 22.8. The van der Waals surface area contributed by atoms with Crippen LogP contribution in [0, 0.1) is 5.92 Å². The van der Waals surface area contributed by atoms with E-state index in [0.717, 1.165) is 60.9 Å². The summed E-state index contributed by atoms with van der Waals surface area (Å²) in [6.45, 7) is 16.5. The molecule has 1 aromatic rings. The normalized spacial score (nSPS) is 21.1. The summed E-state index contributed by atoms with van der Waals surface area (Å²) >= 11 is 0. The van der Waals surface area contributed by atoms with Crippen molar-refractivity contribution in [2.45, 2.75) is 60.8 Å². The maximum atomic E-state index is 6.24. The van der Waals surface area contributed by atoms with Gasteiger partial charge in [-0.1, -0.05) is 34.6 Å². The number of oxazole rings is 1. The Morgan fingerprint density at radius 1 is 1.03 bits per heavy atom. The lowest BCUT2D eigenvalue weighted by atomic mass is 9.97. The van der Waals surface area contributed by atoms with Gasteiger partial charge in [-0.25, -0.2) is 0 Å². The Labute approximate surface area is 187 Å². The van der Waals surface area contributed by atoms with Gasteiger partial charge in [-0.2, -0.15) is 10.1 Å². The third-order valence-electron chi connectivity index (χ3n) is 5.53. The van der Waals surface area contributed by atoms with Crippen molar-refractivity contribution in [3.63, 3.8) is 0 Å². The minimum atomic E-state index is 0.444. The minimum Gasteiger partial charge on any atom is -0.421 e. The lowest BCUT2D eigenvalue weighted by molar-refractivity contribution is 0.120. The first-order chi connectivity index (χ1) is 15.1. The van der Waals surface area contributed by atoms with Crippen molar-refractivity contribution in [2.75, 3.05) is 51.5 Å². The third kappa shape index (κ3) is 6.38. The van der Waals surface area contributed by atoms with Gasteiger partial charge in [0.05, 0.1) is 36.9 Å². The molecule has 174 valence electrons. The van der Waals surface area contributed by atoms with Crippen molar-refractivity contribution in [1.29, 1.82) is 0 Å². The van der Waals surface area contributed by atoms with Gasteiger partial charge in [-0.15, -0.1) is 0 Å². The summed E-state index contributed by atoms with van der Waals surface area (Å²) in [5.74, 6) is 1.18. The molecule has 0 bridgehead atoms. The highest BCUT2D eigenvalue weighted by Crippen LogP contribution is 2.23. The van der Waals surface area contributed by atoms with Crippen LogP contribution in [0.5, 0.6) is 0 Å². The molecule has 0 atom stereocenters. The second-order valence-corrected chi connectivity index (χ2v) is 7.54. The van der Waals surface area contributed by atoms with Gasteiger partial charge in [-0.3, -0.25) is 15.0 Å². The number of anilines is 1. The van der Waals surface area contributed by atoms with E-state index in [4.69, 9.17) is 29.2 Å². The van der Waals surface area contributed by atoms with Crippen LogP contribution in [-0.4, -0.2) is 73.7 Å². The maximum Gasteiger partial charge on any atom is 0.298 e. The molecule has 2 aliphatic rings. The number of aryl methyl sites for hydroxylation is 1. The largest absolute Gasteiger partial charge is 0.421 e. The van der Waals surface area contributed by atoms with Gasteiger partial charge in [-0.05, 0) is 26.2 Å². The second-order valence-electron chi connectivity index (χ2n) is 7.54. The van der Waals surface area contributed by atoms with E-state index < -0.39 is 0 Å². The van der Waals surface area contributed by atoms with Crippen LogP contribution in [0.15, 0.2) is 19.5 Å². The van der Waals surface area contributed by atoms with Crippen molar-refractivity contribution >= 4 is 23.1 Å². The van der Waals surface area contributed by atoms with E-state index in [1.807, 2.05) is 32.8 Å². The van der Waals surface area contributed by atoms with E-state index in [-0.39, 0.29) is 0 Å². The number of hydrogen-bond donors (Lipinski definition) is 0. The van der Waals surface area contributed by atoms with Crippen LogP contribution < -0.4 is 4.90 Å². The maximum absolute atomic E-state index is 6.24. The van der Waals surface area contributed by atoms with Crippen LogP contribution in [0.3, 0.4) is 0 Å². The lowest BCUT2D eigenvalue weighted by Gasteiger charge is -2.24. The molecule has 31 heavy (non-hydrogen) atoms. The predicted molar refractivity (Wildman–Crippen MR) is 129 cm³/mol. The number of hydrogen-bond acceptors (Lipinski definition) is 8. The van der Waals surface area contributed by atoms with Crippen LogP contribution in [0.1, 0.15) is 65.8 Å². The fraction of sp³-hybridized carbons (Fsp3) is 0.739. The fourth-order valence-corrected chi connectivity index (χ4v) is 3.70.